The second kappa shape index (κ2) is 5.59. The van der Waals surface area contributed by atoms with E-state index in [9.17, 15) is 4.79 Å². The number of carbonyl (C=O) groups excluding carboxylic acids is 1. The van der Waals surface area contributed by atoms with Crippen LogP contribution in [0.1, 0.15) is 38.4 Å². The Morgan fingerprint density at radius 3 is 3.00 bits per heavy atom. The first kappa shape index (κ1) is 14.8. The van der Waals surface area contributed by atoms with E-state index in [1.54, 1.807) is 0 Å². The van der Waals surface area contributed by atoms with Crippen molar-refractivity contribution in [1.82, 2.24) is 10.2 Å². The maximum atomic E-state index is 12.5. The molecule has 0 aliphatic carbocycles. The molecule has 114 valence electrons. The third kappa shape index (κ3) is 2.93. The molecule has 0 saturated carbocycles. The second-order valence-electron chi connectivity index (χ2n) is 6.21. The van der Waals surface area contributed by atoms with Gasteiger partial charge in [0, 0.05) is 11.6 Å². The number of nitrogens with zero attached hydrogens (tertiary/aromatic N) is 1. The largest absolute Gasteiger partial charge is 0.373 e. The van der Waals surface area contributed by atoms with Crippen LogP contribution in [0.3, 0.4) is 0 Å². The number of hydrogen-bond donors (Lipinski definition) is 1. The summed E-state index contributed by atoms with van der Waals surface area (Å²) in [6.07, 6.45) is 1.92. The molecule has 0 bridgehead atoms. The zero-order chi connectivity index (χ0) is 15.0. The van der Waals surface area contributed by atoms with Gasteiger partial charge in [0.25, 0.3) is 0 Å². The molecule has 3 unspecified atom stereocenters. The predicted molar refractivity (Wildman–Crippen MR) is 82.1 cm³/mol. The summed E-state index contributed by atoms with van der Waals surface area (Å²) in [6.45, 7) is 5.38. The molecule has 2 aliphatic heterocycles. The molecule has 0 radical (unpaired) electrons. The van der Waals surface area contributed by atoms with E-state index in [2.05, 4.69) is 12.2 Å². The highest BCUT2D eigenvalue weighted by atomic mass is 35.5. The first-order chi connectivity index (χ1) is 9.98. The lowest BCUT2D eigenvalue weighted by molar-refractivity contribution is -0.133. The summed E-state index contributed by atoms with van der Waals surface area (Å²) in [4.78, 5) is 14.4. The van der Waals surface area contributed by atoms with Crippen molar-refractivity contribution in [1.29, 1.82) is 0 Å². The third-order valence-electron chi connectivity index (χ3n) is 4.34. The number of amides is 1. The van der Waals surface area contributed by atoms with Crippen molar-refractivity contribution >= 4 is 17.5 Å². The minimum absolute atomic E-state index is 0.122. The Morgan fingerprint density at radius 1 is 1.52 bits per heavy atom. The molecule has 0 aromatic heterocycles. The fraction of sp³-hybridized carbons (Fsp3) is 0.562. The monoisotopic (exact) mass is 308 g/mol. The normalized spacial score (nSPS) is 32.9. The Labute approximate surface area is 130 Å². The van der Waals surface area contributed by atoms with Gasteiger partial charge in [-0.25, -0.2) is 0 Å². The topological polar surface area (TPSA) is 41.6 Å². The average Bonchev–Trinajstić information content (AvgIpc) is 2.98. The fourth-order valence-electron chi connectivity index (χ4n) is 3.22. The number of ether oxygens (including phenoxy) is 1. The minimum atomic E-state index is -0.238. The molecule has 2 aliphatic rings. The van der Waals surface area contributed by atoms with Gasteiger partial charge in [-0.2, -0.15) is 0 Å². The van der Waals surface area contributed by atoms with Crippen LogP contribution in [-0.2, 0) is 9.53 Å². The van der Waals surface area contributed by atoms with Crippen LogP contribution in [0.4, 0.5) is 0 Å². The van der Waals surface area contributed by atoms with Crippen LogP contribution in [0.5, 0.6) is 0 Å². The predicted octanol–water partition coefficient (Wildman–Crippen LogP) is 2.73. The number of rotatable bonds is 3. The second-order valence-corrected chi connectivity index (χ2v) is 6.65. The molecule has 3 rings (SSSR count). The van der Waals surface area contributed by atoms with Crippen LogP contribution in [0.15, 0.2) is 24.3 Å². The highest BCUT2D eigenvalue weighted by molar-refractivity contribution is 6.30. The smallest absolute Gasteiger partial charge is 0.241 e. The molecule has 4 nitrogen and oxygen atoms in total. The summed E-state index contributed by atoms with van der Waals surface area (Å²) >= 11 is 6.09. The molecule has 1 aromatic rings. The van der Waals surface area contributed by atoms with E-state index in [-0.39, 0.29) is 23.7 Å². The van der Waals surface area contributed by atoms with E-state index in [1.807, 2.05) is 36.1 Å². The Hall–Kier alpha value is -1.10. The number of benzene rings is 1. The van der Waals surface area contributed by atoms with Gasteiger partial charge in [0.1, 0.15) is 6.17 Å². The van der Waals surface area contributed by atoms with Crippen LogP contribution in [-0.4, -0.2) is 35.6 Å². The summed E-state index contributed by atoms with van der Waals surface area (Å²) < 4.78 is 5.85. The van der Waals surface area contributed by atoms with Gasteiger partial charge in [-0.1, -0.05) is 23.7 Å². The molecule has 2 fully saturated rings. The van der Waals surface area contributed by atoms with Gasteiger partial charge >= 0.3 is 0 Å². The zero-order valence-electron chi connectivity index (χ0n) is 12.4. The molecule has 1 N–H and O–H groups in total. The van der Waals surface area contributed by atoms with E-state index in [1.165, 1.54) is 0 Å². The van der Waals surface area contributed by atoms with Crippen LogP contribution in [0, 0.1) is 0 Å². The van der Waals surface area contributed by atoms with Crippen molar-refractivity contribution in [3.63, 3.8) is 0 Å². The SMILES string of the molecule is CC1NC(c2cccc(Cl)c2)N(CC2(C)CCCO2)C1=O. The van der Waals surface area contributed by atoms with Crippen LogP contribution in [0.25, 0.3) is 0 Å². The Balaban J connectivity index is 1.86. The van der Waals surface area contributed by atoms with Crippen molar-refractivity contribution in [2.24, 2.45) is 0 Å². The first-order valence-corrected chi connectivity index (χ1v) is 7.82. The van der Waals surface area contributed by atoms with Crippen molar-refractivity contribution in [3.8, 4) is 0 Å². The van der Waals surface area contributed by atoms with Crippen molar-refractivity contribution in [2.45, 2.75) is 44.5 Å². The molecule has 3 atom stereocenters. The maximum Gasteiger partial charge on any atom is 0.241 e. The van der Waals surface area contributed by atoms with Gasteiger partial charge in [0.2, 0.25) is 5.91 Å². The lowest BCUT2D eigenvalue weighted by Crippen LogP contribution is -2.43. The first-order valence-electron chi connectivity index (χ1n) is 7.44. The number of nitrogens with one attached hydrogen (secondary N) is 1. The van der Waals surface area contributed by atoms with Crippen molar-refractivity contribution in [3.05, 3.63) is 34.9 Å². The van der Waals surface area contributed by atoms with Crippen LogP contribution in [0.2, 0.25) is 5.02 Å². The van der Waals surface area contributed by atoms with Gasteiger partial charge in [-0.05, 0) is 44.4 Å². The lowest BCUT2D eigenvalue weighted by Gasteiger charge is -2.33. The molecule has 2 saturated heterocycles. The number of halogens is 1. The third-order valence-corrected chi connectivity index (χ3v) is 4.58. The number of hydrogen-bond acceptors (Lipinski definition) is 3. The Morgan fingerprint density at radius 2 is 2.33 bits per heavy atom. The van der Waals surface area contributed by atoms with Crippen LogP contribution < -0.4 is 5.32 Å². The van der Waals surface area contributed by atoms with Gasteiger partial charge in [-0.3, -0.25) is 10.1 Å². The van der Waals surface area contributed by atoms with E-state index in [4.69, 9.17) is 16.3 Å². The van der Waals surface area contributed by atoms with E-state index >= 15 is 0 Å². The van der Waals surface area contributed by atoms with Gasteiger partial charge in [0.05, 0.1) is 18.2 Å². The van der Waals surface area contributed by atoms with Crippen molar-refractivity contribution in [2.75, 3.05) is 13.2 Å². The van der Waals surface area contributed by atoms with Crippen LogP contribution >= 0.6 is 11.6 Å². The van der Waals surface area contributed by atoms with E-state index in [0.717, 1.165) is 25.0 Å². The Kier molecular flexibility index (Phi) is 3.95. The highest BCUT2D eigenvalue weighted by Crippen LogP contribution is 2.33. The molecule has 5 heteroatoms. The minimum Gasteiger partial charge on any atom is -0.373 e. The molecule has 2 heterocycles. The molecular formula is C16H21ClN2O2. The van der Waals surface area contributed by atoms with Crippen molar-refractivity contribution < 1.29 is 9.53 Å². The summed E-state index contributed by atoms with van der Waals surface area (Å²) in [5.41, 5.74) is 0.778. The van der Waals surface area contributed by atoms with E-state index < -0.39 is 0 Å². The van der Waals surface area contributed by atoms with Gasteiger partial charge < -0.3 is 9.64 Å². The average molecular weight is 309 g/mol. The van der Waals surface area contributed by atoms with E-state index in [0.29, 0.717) is 11.6 Å². The summed E-state index contributed by atoms with van der Waals surface area (Å²) in [5, 5.41) is 4.04. The molecule has 21 heavy (non-hydrogen) atoms. The molecule has 1 amide bonds. The Bertz CT molecular complexity index is 543. The molecule has 0 spiro atoms. The summed E-state index contributed by atoms with van der Waals surface area (Å²) in [5.74, 6) is 0.122. The highest BCUT2D eigenvalue weighted by Gasteiger charge is 2.42. The summed E-state index contributed by atoms with van der Waals surface area (Å²) in [6, 6.07) is 7.49. The lowest BCUT2D eigenvalue weighted by atomic mass is 10.0. The molecular weight excluding hydrogens is 288 g/mol. The van der Waals surface area contributed by atoms with Gasteiger partial charge in [0.15, 0.2) is 0 Å². The molecule has 1 aromatic carbocycles. The fourth-order valence-corrected chi connectivity index (χ4v) is 3.42. The van der Waals surface area contributed by atoms with Gasteiger partial charge in [-0.15, -0.1) is 0 Å². The quantitative estimate of drug-likeness (QED) is 0.933. The number of carbonyl (C=O) groups is 1. The summed E-state index contributed by atoms with van der Waals surface area (Å²) in [7, 11) is 0. The maximum absolute atomic E-state index is 12.5. The standard InChI is InChI=1S/C16H21ClN2O2/c1-11-15(20)19(10-16(2)7-4-8-21-16)14(18-11)12-5-3-6-13(17)9-12/h3,5-6,9,11,14,18H,4,7-8,10H2,1-2H3. The zero-order valence-corrected chi connectivity index (χ0v) is 13.2.